The molecule has 4 nitrogen and oxygen atoms in total. The fourth-order valence-corrected chi connectivity index (χ4v) is 2.29. The summed E-state index contributed by atoms with van der Waals surface area (Å²) in [5.74, 6) is 0. The quantitative estimate of drug-likeness (QED) is 0.650. The fourth-order valence-electron chi connectivity index (χ4n) is 2.29. The lowest BCUT2D eigenvalue weighted by Gasteiger charge is -2.31. The zero-order valence-corrected chi connectivity index (χ0v) is 12.2. The number of benzene rings is 1. The first-order valence-corrected chi connectivity index (χ1v) is 5.88. The van der Waals surface area contributed by atoms with Crippen LogP contribution in [0.3, 0.4) is 0 Å². The Labute approximate surface area is 116 Å². The molecule has 1 saturated heterocycles. The van der Waals surface area contributed by atoms with Crippen molar-refractivity contribution in [1.29, 1.82) is 0 Å². The topological polar surface area (TPSA) is 60.8 Å². The van der Waals surface area contributed by atoms with Gasteiger partial charge in [-0.05, 0) is 24.3 Å². The monoisotopic (exact) mass is 274 g/mol. The summed E-state index contributed by atoms with van der Waals surface area (Å²) >= 11 is 0. The van der Waals surface area contributed by atoms with E-state index in [0.29, 0.717) is 0 Å². The van der Waals surface area contributed by atoms with Crippen LogP contribution in [0.2, 0.25) is 0 Å². The molecule has 0 saturated carbocycles. The van der Waals surface area contributed by atoms with E-state index >= 15 is 0 Å². The van der Waals surface area contributed by atoms with E-state index in [9.17, 15) is 0 Å². The Morgan fingerprint density at radius 2 is 1.72 bits per heavy atom. The number of rotatable bonds is 2. The van der Waals surface area contributed by atoms with E-state index in [2.05, 4.69) is 38.2 Å². The van der Waals surface area contributed by atoms with Crippen molar-refractivity contribution in [3.63, 3.8) is 0 Å². The lowest BCUT2D eigenvalue weighted by Crippen LogP contribution is -2.46. The minimum absolute atomic E-state index is 0. The Balaban J connectivity index is 0.00000144. The minimum atomic E-state index is 0. The Kier molecular flexibility index (Phi) is 5.93. The van der Waals surface area contributed by atoms with Crippen molar-refractivity contribution in [3.05, 3.63) is 24.3 Å². The number of nitrogens with two attached hydrogens (primary N) is 1. The highest BCUT2D eigenvalue weighted by Gasteiger charge is 2.32. The van der Waals surface area contributed by atoms with Gasteiger partial charge in [0, 0.05) is 24.3 Å². The Hall–Kier alpha value is -0.970. The standard InChI is InChI=1S/C13H22N3.ClH.H2O/c1-16(2,3)13-8-9-15(10-13)12-6-4-11(14)5-7-12;;/h4-7,13H,8-10,14H2,1-3H3;1H;1H2/q+1;;. The molecule has 0 radical (unpaired) electrons. The number of quaternary nitrogens is 1. The van der Waals surface area contributed by atoms with Gasteiger partial charge in [-0.2, -0.15) is 0 Å². The van der Waals surface area contributed by atoms with Crippen LogP contribution < -0.4 is 10.6 Å². The first-order chi connectivity index (χ1) is 7.47. The molecular formula is C13H25ClN3O+. The van der Waals surface area contributed by atoms with Gasteiger partial charge in [0.15, 0.2) is 0 Å². The highest BCUT2D eigenvalue weighted by Crippen LogP contribution is 2.24. The summed E-state index contributed by atoms with van der Waals surface area (Å²) in [6, 6.07) is 8.93. The van der Waals surface area contributed by atoms with Crippen LogP contribution in [0, 0.1) is 0 Å². The number of halogens is 1. The molecule has 1 aromatic carbocycles. The Morgan fingerprint density at radius 1 is 1.17 bits per heavy atom. The minimum Gasteiger partial charge on any atom is -0.412 e. The molecule has 0 spiro atoms. The molecule has 18 heavy (non-hydrogen) atoms. The summed E-state index contributed by atoms with van der Waals surface area (Å²) < 4.78 is 1.05. The van der Waals surface area contributed by atoms with Gasteiger partial charge in [0.1, 0.15) is 6.04 Å². The molecule has 1 aliphatic heterocycles. The largest absolute Gasteiger partial charge is 0.412 e. The van der Waals surface area contributed by atoms with Crippen LogP contribution in [0.25, 0.3) is 0 Å². The van der Waals surface area contributed by atoms with Crippen LogP contribution in [-0.4, -0.2) is 50.2 Å². The number of nitrogen functional groups attached to an aromatic ring is 1. The fraction of sp³-hybridized carbons (Fsp3) is 0.538. The van der Waals surface area contributed by atoms with Gasteiger partial charge in [-0.1, -0.05) is 0 Å². The third-order valence-electron chi connectivity index (χ3n) is 3.52. The van der Waals surface area contributed by atoms with Crippen molar-refractivity contribution in [1.82, 2.24) is 0 Å². The van der Waals surface area contributed by atoms with E-state index in [0.717, 1.165) is 29.3 Å². The predicted octanol–water partition coefficient (Wildman–Crippen LogP) is 1.15. The van der Waals surface area contributed by atoms with Crippen molar-refractivity contribution < 1.29 is 9.96 Å². The number of hydrogen-bond acceptors (Lipinski definition) is 2. The average Bonchev–Trinajstić information content (AvgIpc) is 2.67. The molecule has 0 bridgehead atoms. The molecule has 0 amide bonds. The summed E-state index contributed by atoms with van der Waals surface area (Å²) in [7, 11) is 6.82. The van der Waals surface area contributed by atoms with Crippen molar-refractivity contribution in [2.45, 2.75) is 12.5 Å². The molecule has 1 heterocycles. The molecule has 0 aromatic heterocycles. The number of anilines is 2. The van der Waals surface area contributed by atoms with Crippen molar-refractivity contribution in [3.8, 4) is 0 Å². The maximum absolute atomic E-state index is 5.70. The first kappa shape index (κ1) is 17.0. The van der Waals surface area contributed by atoms with E-state index in [4.69, 9.17) is 5.73 Å². The molecule has 1 aliphatic rings. The molecule has 4 N–H and O–H groups in total. The second-order valence-corrected chi connectivity index (χ2v) is 5.60. The number of hydrogen-bond donors (Lipinski definition) is 1. The highest BCUT2D eigenvalue weighted by molar-refractivity contribution is 5.85. The van der Waals surface area contributed by atoms with Crippen molar-refractivity contribution in [2.75, 3.05) is 44.9 Å². The zero-order valence-electron chi connectivity index (χ0n) is 11.4. The van der Waals surface area contributed by atoms with Gasteiger partial charge in [0.05, 0.1) is 27.7 Å². The zero-order chi connectivity index (χ0) is 11.8. The third kappa shape index (κ3) is 3.77. The van der Waals surface area contributed by atoms with Gasteiger partial charge >= 0.3 is 0 Å². The number of nitrogens with zero attached hydrogens (tertiary/aromatic N) is 2. The lowest BCUT2D eigenvalue weighted by atomic mass is 10.2. The molecule has 1 aromatic rings. The Morgan fingerprint density at radius 3 is 2.17 bits per heavy atom. The van der Waals surface area contributed by atoms with Crippen molar-refractivity contribution in [2.24, 2.45) is 0 Å². The predicted molar refractivity (Wildman–Crippen MR) is 80.4 cm³/mol. The molecule has 1 unspecified atom stereocenters. The van der Waals surface area contributed by atoms with E-state index in [1.807, 2.05) is 12.1 Å². The van der Waals surface area contributed by atoms with Gasteiger partial charge in [-0.3, -0.25) is 0 Å². The van der Waals surface area contributed by atoms with Gasteiger partial charge < -0.3 is 20.6 Å². The summed E-state index contributed by atoms with van der Waals surface area (Å²) in [6.45, 7) is 2.30. The van der Waals surface area contributed by atoms with E-state index in [1.165, 1.54) is 12.1 Å². The van der Waals surface area contributed by atoms with E-state index in [-0.39, 0.29) is 17.9 Å². The van der Waals surface area contributed by atoms with Crippen LogP contribution >= 0.6 is 12.4 Å². The van der Waals surface area contributed by atoms with Crippen molar-refractivity contribution >= 4 is 23.8 Å². The molecule has 2 rings (SSSR count). The van der Waals surface area contributed by atoms with E-state index in [1.54, 1.807) is 0 Å². The third-order valence-corrected chi connectivity index (χ3v) is 3.52. The molecule has 5 heteroatoms. The van der Waals surface area contributed by atoms with Gasteiger partial charge in [-0.15, -0.1) is 12.4 Å². The maximum Gasteiger partial charge on any atom is 0.108 e. The Bertz CT molecular complexity index is 361. The summed E-state index contributed by atoms with van der Waals surface area (Å²) in [6.07, 6.45) is 1.27. The van der Waals surface area contributed by atoms with E-state index < -0.39 is 0 Å². The SMILES string of the molecule is C[N+](C)(C)C1CCN(c2ccc(N)cc2)C1.Cl.O. The smallest absolute Gasteiger partial charge is 0.108 e. The van der Waals surface area contributed by atoms with Gasteiger partial charge in [-0.25, -0.2) is 0 Å². The molecule has 0 aliphatic carbocycles. The molecule has 1 atom stereocenters. The molecule has 1 fully saturated rings. The maximum atomic E-state index is 5.70. The lowest BCUT2D eigenvalue weighted by molar-refractivity contribution is -0.893. The second kappa shape index (κ2) is 6.27. The summed E-state index contributed by atoms with van der Waals surface area (Å²) in [5.41, 5.74) is 7.84. The summed E-state index contributed by atoms with van der Waals surface area (Å²) in [4.78, 5) is 2.45. The van der Waals surface area contributed by atoms with Crippen LogP contribution in [0.1, 0.15) is 6.42 Å². The average molecular weight is 275 g/mol. The normalized spacial score (nSPS) is 19.1. The molecular weight excluding hydrogens is 250 g/mol. The van der Waals surface area contributed by atoms with Crippen LogP contribution in [0.15, 0.2) is 24.3 Å². The highest BCUT2D eigenvalue weighted by atomic mass is 35.5. The second-order valence-electron chi connectivity index (χ2n) is 5.60. The first-order valence-electron chi connectivity index (χ1n) is 5.88. The number of likely N-dealkylation sites (N-methyl/N-ethyl adjacent to an activating group) is 1. The van der Waals surface area contributed by atoms with Crippen LogP contribution in [0.5, 0.6) is 0 Å². The molecule has 104 valence electrons. The summed E-state index contributed by atoms with van der Waals surface area (Å²) in [5, 5.41) is 0. The van der Waals surface area contributed by atoms with Gasteiger partial charge in [0.25, 0.3) is 0 Å². The van der Waals surface area contributed by atoms with Crippen LogP contribution in [0.4, 0.5) is 11.4 Å². The van der Waals surface area contributed by atoms with Crippen LogP contribution in [-0.2, 0) is 0 Å². The van der Waals surface area contributed by atoms with Gasteiger partial charge in [0.2, 0.25) is 0 Å².